The van der Waals surface area contributed by atoms with Crippen molar-refractivity contribution in [3.8, 4) is 0 Å². The molecule has 3 aromatic carbocycles. The molecule has 0 atom stereocenters. The van der Waals surface area contributed by atoms with Crippen LogP contribution >= 0.6 is 0 Å². The standard InChI is InChI=1S/C28H27N2O3.BrH/c31-27(22-11-13-25(14-12-22)29(32)33)20-30-17-15-21(16-18-30)26(19-30)28(23-7-3-1-4-8-23)24-9-5-2-6-10-24;/h1-14,21H,15-20H2;1H/q+1;/p-1. The molecule has 0 amide bonds. The summed E-state index contributed by atoms with van der Waals surface area (Å²) < 4.78 is 0.769. The molecule has 2 bridgehead atoms. The highest BCUT2D eigenvalue weighted by Gasteiger charge is 2.45. The molecule has 6 rings (SSSR count). The minimum atomic E-state index is -0.433. The first kappa shape index (κ1) is 24.0. The van der Waals surface area contributed by atoms with E-state index in [4.69, 9.17) is 0 Å². The molecule has 3 fully saturated rings. The summed E-state index contributed by atoms with van der Waals surface area (Å²) in [5, 5.41) is 10.9. The fourth-order valence-corrected chi connectivity index (χ4v) is 5.52. The Bertz CT molecular complexity index is 1160. The van der Waals surface area contributed by atoms with Gasteiger partial charge in [-0.2, -0.15) is 0 Å². The van der Waals surface area contributed by atoms with Crippen molar-refractivity contribution in [2.75, 3.05) is 26.2 Å². The number of carbonyl (C=O) groups is 1. The van der Waals surface area contributed by atoms with Gasteiger partial charge in [-0.15, -0.1) is 0 Å². The maximum atomic E-state index is 13.2. The summed E-state index contributed by atoms with van der Waals surface area (Å²) in [7, 11) is 0. The highest BCUT2D eigenvalue weighted by molar-refractivity contribution is 5.97. The number of halogens is 1. The van der Waals surface area contributed by atoms with Gasteiger partial charge in [-0.3, -0.25) is 14.9 Å². The Kier molecular flexibility index (Phi) is 7.10. The van der Waals surface area contributed by atoms with Gasteiger partial charge in [0.05, 0.1) is 18.0 Å². The summed E-state index contributed by atoms with van der Waals surface area (Å²) in [6.45, 7) is 3.32. The second kappa shape index (κ2) is 10.0. The molecule has 0 N–H and O–H groups in total. The number of non-ortho nitro benzene ring substituents is 1. The monoisotopic (exact) mass is 518 g/mol. The molecule has 5 nitrogen and oxygen atoms in total. The van der Waals surface area contributed by atoms with Crippen LogP contribution in [-0.4, -0.2) is 41.4 Å². The Labute approximate surface area is 210 Å². The molecule has 174 valence electrons. The van der Waals surface area contributed by atoms with E-state index in [-0.39, 0.29) is 28.5 Å². The minimum absolute atomic E-state index is 0. The zero-order valence-electron chi connectivity index (χ0n) is 18.9. The number of piperidine rings is 3. The molecule has 3 aromatic rings. The maximum absolute atomic E-state index is 13.2. The average Bonchev–Trinajstić information content (AvgIpc) is 2.86. The Balaban J connectivity index is 0.00000274. The molecule has 3 aliphatic rings. The van der Waals surface area contributed by atoms with Gasteiger partial charge in [0.15, 0.2) is 0 Å². The van der Waals surface area contributed by atoms with Crippen molar-refractivity contribution in [1.82, 2.24) is 0 Å². The van der Waals surface area contributed by atoms with E-state index in [0.29, 0.717) is 18.0 Å². The lowest BCUT2D eigenvalue weighted by molar-refractivity contribution is -0.928. The van der Waals surface area contributed by atoms with Gasteiger partial charge in [-0.25, -0.2) is 0 Å². The van der Waals surface area contributed by atoms with Gasteiger partial charge in [0.2, 0.25) is 5.78 Å². The van der Waals surface area contributed by atoms with Gasteiger partial charge < -0.3 is 21.5 Å². The molecule has 0 radical (unpaired) electrons. The van der Waals surface area contributed by atoms with Gasteiger partial charge >= 0.3 is 0 Å². The maximum Gasteiger partial charge on any atom is 0.269 e. The van der Waals surface area contributed by atoms with Gasteiger partial charge in [0.1, 0.15) is 13.1 Å². The van der Waals surface area contributed by atoms with Crippen LogP contribution in [0.4, 0.5) is 5.69 Å². The first-order chi connectivity index (χ1) is 16.0. The van der Waals surface area contributed by atoms with Crippen molar-refractivity contribution >= 4 is 17.0 Å². The second-order valence-electron chi connectivity index (χ2n) is 9.24. The summed E-state index contributed by atoms with van der Waals surface area (Å²) in [6.07, 6.45) is 2.18. The van der Waals surface area contributed by atoms with E-state index < -0.39 is 4.92 Å². The minimum Gasteiger partial charge on any atom is -1.00 e. The van der Waals surface area contributed by atoms with E-state index in [1.807, 2.05) is 12.1 Å². The average molecular weight is 519 g/mol. The van der Waals surface area contributed by atoms with E-state index in [1.54, 1.807) is 12.1 Å². The van der Waals surface area contributed by atoms with Crippen molar-refractivity contribution in [2.24, 2.45) is 5.92 Å². The summed E-state index contributed by atoms with van der Waals surface area (Å²) in [5.41, 5.74) is 5.79. The zero-order chi connectivity index (χ0) is 22.8. The second-order valence-corrected chi connectivity index (χ2v) is 9.24. The molecular weight excluding hydrogens is 492 g/mol. The van der Waals surface area contributed by atoms with Gasteiger partial charge in [-0.1, -0.05) is 60.7 Å². The number of Topliss-reactive ketones (excluding diaryl/α,β-unsaturated/α-hetero) is 1. The molecule has 0 aliphatic carbocycles. The highest BCUT2D eigenvalue weighted by atomic mass is 79.9. The third kappa shape index (κ3) is 4.74. The SMILES string of the molecule is O=C(C[N+]12CCC(CC1)C(=C(c1ccccc1)c1ccccc1)C2)c1ccc([N+](=O)[O-])cc1.[Br-]. The van der Waals surface area contributed by atoms with E-state index >= 15 is 0 Å². The molecule has 3 aliphatic heterocycles. The predicted molar refractivity (Wildman–Crippen MR) is 129 cm³/mol. The van der Waals surface area contributed by atoms with Crippen LogP contribution in [0.5, 0.6) is 0 Å². The molecule has 0 spiro atoms. The van der Waals surface area contributed by atoms with Crippen LogP contribution in [0.2, 0.25) is 0 Å². The van der Waals surface area contributed by atoms with Gasteiger partial charge in [0.25, 0.3) is 5.69 Å². The third-order valence-corrected chi connectivity index (χ3v) is 7.23. The normalized spacial score (nSPS) is 20.9. The van der Waals surface area contributed by atoms with Crippen LogP contribution in [0.25, 0.3) is 5.57 Å². The molecule has 3 saturated heterocycles. The molecule has 0 aromatic heterocycles. The van der Waals surface area contributed by atoms with Crippen molar-refractivity contribution in [1.29, 1.82) is 0 Å². The lowest BCUT2D eigenvalue weighted by Gasteiger charge is -2.50. The van der Waals surface area contributed by atoms with Crippen LogP contribution in [-0.2, 0) is 0 Å². The van der Waals surface area contributed by atoms with E-state index in [9.17, 15) is 14.9 Å². The smallest absolute Gasteiger partial charge is 0.269 e. The lowest BCUT2D eigenvalue weighted by atomic mass is 9.76. The van der Waals surface area contributed by atoms with Gasteiger partial charge in [-0.05, 0) is 40.3 Å². The molecule has 6 heteroatoms. The van der Waals surface area contributed by atoms with Crippen LogP contribution < -0.4 is 17.0 Å². The number of rotatable bonds is 6. The van der Waals surface area contributed by atoms with E-state index in [1.165, 1.54) is 34.4 Å². The molecule has 0 unspecified atom stereocenters. The fourth-order valence-electron chi connectivity index (χ4n) is 5.52. The van der Waals surface area contributed by atoms with Crippen LogP contribution in [0.3, 0.4) is 0 Å². The van der Waals surface area contributed by atoms with Gasteiger partial charge in [0, 0.05) is 30.5 Å². The largest absolute Gasteiger partial charge is 1.00 e. The molecule has 3 heterocycles. The number of ketones is 1. The number of fused-ring (bicyclic) bond motifs is 3. The highest BCUT2D eigenvalue weighted by Crippen LogP contribution is 2.43. The van der Waals surface area contributed by atoms with Crippen molar-refractivity contribution in [2.45, 2.75) is 12.8 Å². The first-order valence-corrected chi connectivity index (χ1v) is 11.5. The number of hydrogen-bond acceptors (Lipinski definition) is 3. The van der Waals surface area contributed by atoms with Crippen LogP contribution in [0.1, 0.15) is 34.3 Å². The topological polar surface area (TPSA) is 60.2 Å². The summed E-state index contributed by atoms with van der Waals surface area (Å²) in [4.78, 5) is 23.7. The quantitative estimate of drug-likeness (QED) is 0.218. The predicted octanol–water partition coefficient (Wildman–Crippen LogP) is 2.52. The van der Waals surface area contributed by atoms with Crippen molar-refractivity contribution in [3.63, 3.8) is 0 Å². The number of hydrogen-bond donors (Lipinski definition) is 0. The summed E-state index contributed by atoms with van der Waals surface area (Å²) >= 11 is 0. The Morgan fingerprint density at radius 3 is 1.85 bits per heavy atom. The van der Waals surface area contributed by atoms with E-state index in [2.05, 4.69) is 48.5 Å². The number of quaternary nitrogens is 1. The summed E-state index contributed by atoms with van der Waals surface area (Å²) in [6, 6.07) is 27.2. The Hall–Kier alpha value is -3.09. The molecular formula is C28H27BrN2O3. The number of carbonyl (C=O) groups excluding carboxylic acids is 1. The fraction of sp³-hybridized carbons (Fsp3) is 0.250. The van der Waals surface area contributed by atoms with E-state index in [0.717, 1.165) is 37.0 Å². The van der Waals surface area contributed by atoms with Crippen molar-refractivity contribution < 1.29 is 31.2 Å². The third-order valence-electron chi connectivity index (χ3n) is 7.23. The first-order valence-electron chi connectivity index (χ1n) is 11.5. The summed E-state index contributed by atoms with van der Waals surface area (Å²) in [5.74, 6) is 0.612. The molecule has 34 heavy (non-hydrogen) atoms. The molecule has 0 saturated carbocycles. The Morgan fingerprint density at radius 1 is 0.824 bits per heavy atom. The Morgan fingerprint density at radius 2 is 1.35 bits per heavy atom. The lowest BCUT2D eigenvalue weighted by Crippen LogP contribution is -3.00. The van der Waals surface area contributed by atoms with Crippen molar-refractivity contribution in [3.05, 3.63) is 117 Å². The number of benzene rings is 3. The zero-order valence-corrected chi connectivity index (χ0v) is 20.5. The van der Waals surface area contributed by atoms with Crippen LogP contribution in [0.15, 0.2) is 90.5 Å². The number of nitro groups is 1. The number of nitro benzene ring substituents is 1. The van der Waals surface area contributed by atoms with Crippen LogP contribution in [0, 0.1) is 16.0 Å². The number of nitrogens with zero attached hydrogens (tertiary/aromatic N) is 2.